The van der Waals surface area contributed by atoms with Gasteiger partial charge in [-0.05, 0) is 6.92 Å². The first-order valence-corrected chi connectivity index (χ1v) is 6.71. The largest absolute Gasteiger partial charge is 0.578 e. The van der Waals surface area contributed by atoms with Crippen LogP contribution in [0.1, 0.15) is 5.56 Å². The van der Waals surface area contributed by atoms with Gasteiger partial charge in [-0.15, -0.1) is 0 Å². The summed E-state index contributed by atoms with van der Waals surface area (Å²) >= 11 is 5.06. The van der Waals surface area contributed by atoms with E-state index in [-0.39, 0.29) is 0 Å². The van der Waals surface area contributed by atoms with Crippen molar-refractivity contribution in [1.82, 2.24) is 9.97 Å². The van der Waals surface area contributed by atoms with Crippen molar-refractivity contribution in [2.24, 2.45) is 0 Å². The zero-order valence-corrected chi connectivity index (χ0v) is 9.71. The Labute approximate surface area is 92.3 Å². The van der Waals surface area contributed by atoms with Crippen LogP contribution in [0.4, 0.5) is 0 Å². The third-order valence-corrected chi connectivity index (χ3v) is 5.55. The van der Waals surface area contributed by atoms with Gasteiger partial charge in [0, 0.05) is 27.7 Å². The van der Waals surface area contributed by atoms with Gasteiger partial charge in [-0.1, -0.05) is 12.2 Å². The number of hydrogen-bond acceptors (Lipinski definition) is 5. The highest BCUT2D eigenvalue weighted by Gasteiger charge is 2.18. The fourth-order valence-corrected chi connectivity index (χ4v) is 4.62. The van der Waals surface area contributed by atoms with Crippen molar-refractivity contribution in [2.75, 3.05) is 0 Å². The second-order valence-corrected chi connectivity index (χ2v) is 6.18. The number of aromatic nitrogens is 2. The maximum atomic E-state index is 11.7. The highest BCUT2D eigenvalue weighted by molar-refractivity contribution is 7.83. The van der Waals surface area contributed by atoms with E-state index in [1.54, 1.807) is 18.6 Å². The SMILES string of the molecule is Cc1c(-c2cnccn2)[s+]([O-])sc1=S. The van der Waals surface area contributed by atoms with Gasteiger partial charge in [0.25, 0.3) is 0 Å². The highest BCUT2D eigenvalue weighted by atomic mass is 32.9. The van der Waals surface area contributed by atoms with Crippen molar-refractivity contribution in [3.8, 4) is 10.6 Å². The Balaban J connectivity index is 2.69. The maximum absolute atomic E-state index is 11.7. The summed E-state index contributed by atoms with van der Waals surface area (Å²) in [6, 6.07) is 0. The summed E-state index contributed by atoms with van der Waals surface area (Å²) in [5.74, 6) is 0. The summed E-state index contributed by atoms with van der Waals surface area (Å²) in [7, 11) is 0.0741. The third kappa shape index (κ3) is 1.61. The van der Waals surface area contributed by atoms with E-state index in [0.29, 0.717) is 14.4 Å². The first kappa shape index (κ1) is 9.85. The van der Waals surface area contributed by atoms with Crippen LogP contribution in [0.2, 0.25) is 0 Å². The van der Waals surface area contributed by atoms with Crippen molar-refractivity contribution in [2.45, 2.75) is 6.92 Å². The lowest BCUT2D eigenvalue weighted by atomic mass is 10.3. The standard InChI is InChI=1S/C8H6N2OS3/c1-5-7(14(11)13-8(5)12)6-4-9-2-3-10-6/h2-4H,1H3. The van der Waals surface area contributed by atoms with Gasteiger partial charge in [0.15, 0.2) is 3.82 Å². The zero-order valence-electron chi connectivity index (χ0n) is 7.26. The Kier molecular flexibility index (Phi) is 2.69. The van der Waals surface area contributed by atoms with E-state index >= 15 is 0 Å². The summed E-state index contributed by atoms with van der Waals surface area (Å²) in [6.07, 6.45) is 4.77. The Morgan fingerprint density at radius 3 is 2.79 bits per heavy atom. The smallest absolute Gasteiger partial charge is 0.217 e. The predicted molar refractivity (Wildman–Crippen MR) is 59.6 cm³/mol. The Bertz CT molecular complexity index is 503. The Morgan fingerprint density at radius 1 is 1.50 bits per heavy atom. The third-order valence-electron chi connectivity index (χ3n) is 1.76. The molecule has 0 saturated heterocycles. The van der Waals surface area contributed by atoms with Crippen molar-refractivity contribution in [3.63, 3.8) is 0 Å². The van der Waals surface area contributed by atoms with Gasteiger partial charge in [0.2, 0.25) is 4.88 Å². The van der Waals surface area contributed by atoms with Gasteiger partial charge in [0.05, 0.1) is 6.20 Å². The molecule has 0 fully saturated rings. The molecule has 14 heavy (non-hydrogen) atoms. The molecule has 0 aliphatic carbocycles. The minimum absolute atomic E-state index is 0.649. The van der Waals surface area contributed by atoms with Gasteiger partial charge >= 0.3 is 0 Å². The lowest BCUT2D eigenvalue weighted by molar-refractivity contribution is 0.603. The minimum atomic E-state index is -1.12. The molecule has 0 N–H and O–H groups in total. The van der Waals surface area contributed by atoms with Crippen LogP contribution in [0.5, 0.6) is 0 Å². The van der Waals surface area contributed by atoms with Gasteiger partial charge in [-0.2, -0.15) is 0 Å². The second-order valence-electron chi connectivity index (χ2n) is 2.65. The molecule has 0 spiro atoms. The molecule has 0 saturated carbocycles. The van der Waals surface area contributed by atoms with Crippen LogP contribution in [0, 0.1) is 10.7 Å². The summed E-state index contributed by atoms with van der Waals surface area (Å²) in [5, 5.41) is 0. The van der Waals surface area contributed by atoms with Crippen LogP contribution in [-0.2, 0) is 0 Å². The molecule has 1 atom stereocenters. The quantitative estimate of drug-likeness (QED) is 0.438. The first-order chi connectivity index (χ1) is 6.70. The molecule has 2 aromatic heterocycles. The average molecular weight is 242 g/mol. The first-order valence-electron chi connectivity index (χ1n) is 3.82. The van der Waals surface area contributed by atoms with E-state index in [1.807, 2.05) is 6.92 Å². The summed E-state index contributed by atoms with van der Waals surface area (Å²) in [6.45, 7) is 1.87. The molecule has 0 bridgehead atoms. The molecule has 0 aromatic carbocycles. The summed E-state index contributed by atoms with van der Waals surface area (Å²) in [4.78, 5) is 8.75. The molecule has 2 aromatic rings. The lowest BCUT2D eigenvalue weighted by Crippen LogP contribution is -1.84. The molecule has 0 amide bonds. The van der Waals surface area contributed by atoms with Crippen LogP contribution in [0.15, 0.2) is 18.6 Å². The van der Waals surface area contributed by atoms with Crippen molar-refractivity contribution in [1.29, 1.82) is 0 Å². The molecular formula is C8H6N2OS3. The number of nitrogens with zero attached hydrogens (tertiary/aromatic N) is 2. The predicted octanol–water partition coefficient (Wildman–Crippen LogP) is 2.97. The fraction of sp³-hybridized carbons (Fsp3) is 0.125. The minimum Gasteiger partial charge on any atom is -0.578 e. The van der Waals surface area contributed by atoms with Crippen LogP contribution < -0.4 is 0 Å². The monoisotopic (exact) mass is 242 g/mol. The van der Waals surface area contributed by atoms with E-state index in [2.05, 4.69) is 9.97 Å². The van der Waals surface area contributed by atoms with E-state index in [1.165, 1.54) is 10.3 Å². The summed E-state index contributed by atoms with van der Waals surface area (Å²) in [5.41, 5.74) is 1.53. The van der Waals surface area contributed by atoms with Crippen molar-refractivity contribution in [3.05, 3.63) is 28.0 Å². The lowest BCUT2D eigenvalue weighted by Gasteiger charge is -1.95. The fourth-order valence-electron chi connectivity index (χ4n) is 1.08. The van der Waals surface area contributed by atoms with Crippen molar-refractivity contribution >= 4 is 32.3 Å². The molecule has 6 heteroatoms. The molecule has 3 nitrogen and oxygen atoms in total. The second kappa shape index (κ2) is 3.82. The van der Waals surface area contributed by atoms with E-state index < -0.39 is 9.75 Å². The number of hydrogen-bond donors (Lipinski definition) is 0. The highest BCUT2D eigenvalue weighted by Crippen LogP contribution is 2.39. The molecule has 2 rings (SSSR count). The maximum Gasteiger partial charge on any atom is 0.217 e. The van der Waals surface area contributed by atoms with Crippen LogP contribution in [-0.4, -0.2) is 14.5 Å². The molecule has 0 aliphatic heterocycles. The van der Waals surface area contributed by atoms with Crippen molar-refractivity contribution < 1.29 is 4.55 Å². The molecule has 0 radical (unpaired) electrons. The average Bonchev–Trinajstić information content (AvgIpc) is 2.43. The molecular weight excluding hydrogens is 236 g/mol. The van der Waals surface area contributed by atoms with Gasteiger partial charge in [-0.25, -0.2) is 4.98 Å². The van der Waals surface area contributed by atoms with Crippen LogP contribution >= 0.6 is 32.3 Å². The van der Waals surface area contributed by atoms with E-state index in [4.69, 9.17) is 12.2 Å². The Hall–Kier alpha value is -0.690. The molecule has 1 unspecified atom stereocenters. The zero-order chi connectivity index (χ0) is 10.1. The summed E-state index contributed by atoms with van der Waals surface area (Å²) < 4.78 is 12.3. The molecule has 72 valence electrons. The van der Waals surface area contributed by atoms with E-state index in [0.717, 1.165) is 5.56 Å². The molecule has 2 heterocycles. The van der Waals surface area contributed by atoms with E-state index in [9.17, 15) is 4.55 Å². The van der Waals surface area contributed by atoms with Gasteiger partial charge < -0.3 is 4.55 Å². The molecule has 0 aliphatic rings. The van der Waals surface area contributed by atoms with Crippen LogP contribution in [0.3, 0.4) is 0 Å². The van der Waals surface area contributed by atoms with Crippen LogP contribution in [0.25, 0.3) is 10.6 Å². The topological polar surface area (TPSA) is 48.8 Å². The normalized spacial score (nSPS) is 11.7. The Morgan fingerprint density at radius 2 is 2.29 bits per heavy atom. The van der Waals surface area contributed by atoms with Gasteiger partial charge in [-0.3, -0.25) is 4.98 Å². The van der Waals surface area contributed by atoms with Gasteiger partial charge in [0.1, 0.15) is 16.0 Å². The number of rotatable bonds is 1.